The summed E-state index contributed by atoms with van der Waals surface area (Å²) >= 11 is 1.23. The Balaban J connectivity index is 1.55. The van der Waals surface area contributed by atoms with Gasteiger partial charge in [-0.25, -0.2) is 0 Å². The number of thioether (sulfide) groups is 1. The van der Waals surface area contributed by atoms with Crippen molar-refractivity contribution in [3.8, 4) is 11.6 Å². The van der Waals surface area contributed by atoms with Gasteiger partial charge in [-0.15, -0.1) is 10.2 Å². The molecule has 9 heteroatoms. The molecule has 0 radical (unpaired) electrons. The molecule has 2 aromatic rings. The van der Waals surface area contributed by atoms with Crippen LogP contribution in [0.2, 0.25) is 0 Å². The van der Waals surface area contributed by atoms with Crippen molar-refractivity contribution >= 4 is 23.6 Å². The van der Waals surface area contributed by atoms with Gasteiger partial charge in [0, 0.05) is 19.6 Å². The first-order valence-electron chi connectivity index (χ1n) is 8.68. The van der Waals surface area contributed by atoms with E-state index in [1.54, 1.807) is 24.2 Å². The van der Waals surface area contributed by atoms with Gasteiger partial charge in [-0.2, -0.15) is 0 Å². The third-order valence-electron chi connectivity index (χ3n) is 4.17. The molecule has 0 aliphatic carbocycles. The standard InChI is InChI=1S/C17H22N4O4S/c1-3-21-15(13-7-6-10-24-13)18-19-17(21)26-11-14(22)25-12(2)16(23)20-8-4-5-9-20/h6-7,10,12H,3-5,8-9,11H2,1-2H3/t12-/m1/s1. The molecule has 1 aliphatic rings. The fourth-order valence-electron chi connectivity index (χ4n) is 2.87. The van der Waals surface area contributed by atoms with E-state index in [1.165, 1.54) is 11.8 Å². The van der Waals surface area contributed by atoms with E-state index in [4.69, 9.17) is 9.15 Å². The SMILES string of the molecule is CCn1c(SCC(=O)O[C@H](C)C(=O)N2CCCC2)nnc1-c1ccco1. The number of nitrogens with zero attached hydrogens (tertiary/aromatic N) is 4. The van der Waals surface area contributed by atoms with E-state index < -0.39 is 12.1 Å². The van der Waals surface area contributed by atoms with E-state index in [0.717, 1.165) is 25.9 Å². The summed E-state index contributed by atoms with van der Waals surface area (Å²) in [5, 5.41) is 8.87. The summed E-state index contributed by atoms with van der Waals surface area (Å²) in [6, 6.07) is 3.59. The third kappa shape index (κ3) is 4.09. The molecule has 3 rings (SSSR count). The highest BCUT2D eigenvalue weighted by Gasteiger charge is 2.26. The number of aromatic nitrogens is 3. The van der Waals surface area contributed by atoms with Gasteiger partial charge >= 0.3 is 5.97 Å². The van der Waals surface area contributed by atoms with Crippen LogP contribution in [0.15, 0.2) is 28.0 Å². The molecule has 1 aliphatic heterocycles. The number of hydrogen-bond acceptors (Lipinski definition) is 7. The Kier molecular flexibility index (Phi) is 5.97. The predicted molar refractivity (Wildman–Crippen MR) is 95.5 cm³/mol. The molecule has 1 saturated heterocycles. The molecule has 1 fully saturated rings. The molecule has 0 bridgehead atoms. The van der Waals surface area contributed by atoms with E-state index in [2.05, 4.69) is 10.2 Å². The van der Waals surface area contributed by atoms with Gasteiger partial charge in [-0.05, 0) is 38.8 Å². The van der Waals surface area contributed by atoms with Gasteiger partial charge < -0.3 is 14.1 Å². The fourth-order valence-corrected chi connectivity index (χ4v) is 3.65. The van der Waals surface area contributed by atoms with Crippen molar-refractivity contribution in [2.75, 3.05) is 18.8 Å². The van der Waals surface area contributed by atoms with E-state index >= 15 is 0 Å². The summed E-state index contributed by atoms with van der Waals surface area (Å²) in [6.07, 6.45) is 2.83. The summed E-state index contributed by atoms with van der Waals surface area (Å²) in [5.74, 6) is 0.732. The Morgan fingerprint density at radius 2 is 2.12 bits per heavy atom. The van der Waals surface area contributed by atoms with Crippen molar-refractivity contribution in [2.24, 2.45) is 0 Å². The molecule has 0 spiro atoms. The van der Waals surface area contributed by atoms with Crippen molar-refractivity contribution in [3.63, 3.8) is 0 Å². The molecule has 0 N–H and O–H groups in total. The average Bonchev–Trinajstić information content (AvgIpc) is 3.39. The van der Waals surface area contributed by atoms with Crippen molar-refractivity contribution < 1.29 is 18.7 Å². The van der Waals surface area contributed by atoms with E-state index in [9.17, 15) is 9.59 Å². The number of carbonyl (C=O) groups excluding carboxylic acids is 2. The second-order valence-electron chi connectivity index (χ2n) is 5.98. The van der Waals surface area contributed by atoms with Crippen LogP contribution in [-0.4, -0.2) is 56.5 Å². The number of amides is 1. The monoisotopic (exact) mass is 378 g/mol. The number of rotatable bonds is 7. The molecule has 0 saturated carbocycles. The molecule has 26 heavy (non-hydrogen) atoms. The largest absolute Gasteiger partial charge is 0.461 e. The molecular weight excluding hydrogens is 356 g/mol. The molecule has 2 aromatic heterocycles. The van der Waals surface area contributed by atoms with Crippen LogP contribution in [0, 0.1) is 0 Å². The maximum atomic E-state index is 12.2. The zero-order valence-electron chi connectivity index (χ0n) is 14.9. The number of carbonyl (C=O) groups is 2. The van der Waals surface area contributed by atoms with Crippen LogP contribution < -0.4 is 0 Å². The Labute approximate surface area is 155 Å². The predicted octanol–water partition coefficient (Wildman–Crippen LogP) is 2.20. The Bertz CT molecular complexity index is 753. The lowest BCUT2D eigenvalue weighted by molar-refractivity contribution is -0.156. The highest BCUT2D eigenvalue weighted by molar-refractivity contribution is 7.99. The van der Waals surface area contributed by atoms with Gasteiger partial charge in [0.15, 0.2) is 22.8 Å². The van der Waals surface area contributed by atoms with Crippen LogP contribution in [0.25, 0.3) is 11.6 Å². The molecule has 0 aromatic carbocycles. The minimum absolute atomic E-state index is 0.0634. The lowest BCUT2D eigenvalue weighted by Crippen LogP contribution is -2.38. The van der Waals surface area contributed by atoms with Crippen molar-refractivity contribution in [3.05, 3.63) is 18.4 Å². The van der Waals surface area contributed by atoms with Gasteiger partial charge in [-0.3, -0.25) is 14.2 Å². The van der Waals surface area contributed by atoms with Crippen molar-refractivity contribution in [1.82, 2.24) is 19.7 Å². The zero-order chi connectivity index (χ0) is 18.5. The van der Waals surface area contributed by atoms with Gasteiger partial charge in [-0.1, -0.05) is 11.8 Å². The highest BCUT2D eigenvalue weighted by Crippen LogP contribution is 2.24. The summed E-state index contributed by atoms with van der Waals surface area (Å²) in [4.78, 5) is 26.0. The fraction of sp³-hybridized carbons (Fsp3) is 0.529. The summed E-state index contributed by atoms with van der Waals surface area (Å²) in [5.41, 5.74) is 0. The van der Waals surface area contributed by atoms with E-state index in [0.29, 0.717) is 23.3 Å². The van der Waals surface area contributed by atoms with E-state index in [1.807, 2.05) is 17.6 Å². The maximum Gasteiger partial charge on any atom is 0.317 e. The first kappa shape index (κ1) is 18.5. The smallest absolute Gasteiger partial charge is 0.317 e. The Morgan fingerprint density at radius 3 is 2.77 bits per heavy atom. The molecule has 3 heterocycles. The van der Waals surface area contributed by atoms with Crippen LogP contribution in [-0.2, 0) is 20.9 Å². The molecule has 0 unspecified atom stereocenters. The number of furan rings is 1. The molecule has 1 amide bonds. The first-order valence-corrected chi connectivity index (χ1v) is 9.67. The number of likely N-dealkylation sites (tertiary alicyclic amines) is 1. The van der Waals surface area contributed by atoms with E-state index in [-0.39, 0.29) is 11.7 Å². The minimum Gasteiger partial charge on any atom is -0.461 e. The lowest BCUT2D eigenvalue weighted by atomic mass is 10.3. The minimum atomic E-state index is -0.760. The number of esters is 1. The van der Waals surface area contributed by atoms with Gasteiger partial charge in [0.2, 0.25) is 0 Å². The maximum absolute atomic E-state index is 12.2. The first-order chi connectivity index (χ1) is 12.6. The summed E-state index contributed by atoms with van der Waals surface area (Å²) in [7, 11) is 0. The number of hydrogen-bond donors (Lipinski definition) is 0. The molecule has 8 nitrogen and oxygen atoms in total. The van der Waals surface area contributed by atoms with Crippen LogP contribution >= 0.6 is 11.8 Å². The van der Waals surface area contributed by atoms with Crippen LogP contribution in [0.4, 0.5) is 0 Å². The summed E-state index contributed by atoms with van der Waals surface area (Å²) < 4.78 is 12.5. The lowest BCUT2D eigenvalue weighted by Gasteiger charge is -2.20. The Hall–Kier alpha value is -2.29. The van der Waals surface area contributed by atoms with Crippen LogP contribution in [0.1, 0.15) is 26.7 Å². The van der Waals surface area contributed by atoms with Gasteiger partial charge in [0.1, 0.15) is 0 Å². The van der Waals surface area contributed by atoms with Crippen molar-refractivity contribution in [2.45, 2.75) is 44.5 Å². The van der Waals surface area contributed by atoms with Crippen molar-refractivity contribution in [1.29, 1.82) is 0 Å². The normalized spacial score (nSPS) is 15.2. The van der Waals surface area contributed by atoms with Crippen LogP contribution in [0.3, 0.4) is 0 Å². The number of ether oxygens (including phenoxy) is 1. The van der Waals surface area contributed by atoms with Gasteiger partial charge in [0.25, 0.3) is 5.91 Å². The second-order valence-corrected chi connectivity index (χ2v) is 6.92. The molecular formula is C17H22N4O4S. The van der Waals surface area contributed by atoms with Crippen LogP contribution in [0.5, 0.6) is 0 Å². The average molecular weight is 378 g/mol. The second kappa shape index (κ2) is 8.39. The third-order valence-corrected chi connectivity index (χ3v) is 5.11. The molecule has 140 valence electrons. The molecule has 1 atom stereocenters. The topological polar surface area (TPSA) is 90.5 Å². The Morgan fingerprint density at radius 1 is 1.35 bits per heavy atom. The highest BCUT2D eigenvalue weighted by atomic mass is 32.2. The zero-order valence-corrected chi connectivity index (χ0v) is 15.7. The summed E-state index contributed by atoms with van der Waals surface area (Å²) in [6.45, 7) is 5.71. The quantitative estimate of drug-likeness (QED) is 0.539. The van der Waals surface area contributed by atoms with Gasteiger partial charge in [0.05, 0.1) is 12.0 Å².